The lowest BCUT2D eigenvalue weighted by atomic mass is 10.2. The maximum atomic E-state index is 12.4. The molecule has 1 aliphatic carbocycles. The van der Waals surface area contributed by atoms with E-state index in [1.807, 2.05) is 18.4 Å². The number of imidazole rings is 1. The van der Waals surface area contributed by atoms with Crippen molar-refractivity contribution in [2.75, 3.05) is 13.1 Å². The number of rotatable bonds is 3. The Morgan fingerprint density at radius 2 is 1.95 bits per heavy atom. The van der Waals surface area contributed by atoms with Crippen molar-refractivity contribution in [3.05, 3.63) is 18.2 Å². The maximum absolute atomic E-state index is 12.4. The molecule has 0 spiro atoms. The molecule has 8 heteroatoms. The smallest absolute Gasteiger partial charge is 0.307 e. The van der Waals surface area contributed by atoms with Gasteiger partial charge < -0.3 is 19.7 Å². The van der Waals surface area contributed by atoms with E-state index < -0.39 is 5.97 Å². The molecule has 120 valence electrons. The van der Waals surface area contributed by atoms with Gasteiger partial charge in [-0.3, -0.25) is 14.4 Å². The van der Waals surface area contributed by atoms with Gasteiger partial charge in [0.1, 0.15) is 11.9 Å². The zero-order valence-corrected chi connectivity index (χ0v) is 12.4. The van der Waals surface area contributed by atoms with E-state index in [1.165, 1.54) is 0 Å². The van der Waals surface area contributed by atoms with Crippen LogP contribution >= 0.6 is 0 Å². The van der Waals surface area contributed by atoms with Crippen molar-refractivity contribution >= 4 is 18.3 Å². The minimum Gasteiger partial charge on any atom is -0.483 e. The second kappa shape index (κ2) is 6.17. The lowest BCUT2D eigenvalue weighted by Gasteiger charge is -2.24. The summed E-state index contributed by atoms with van der Waals surface area (Å²) in [6, 6.07) is -0.275. The first-order valence-electron chi connectivity index (χ1n) is 7.01. The first-order valence-corrected chi connectivity index (χ1v) is 7.01. The van der Waals surface area contributed by atoms with Gasteiger partial charge in [-0.25, -0.2) is 4.98 Å². The van der Waals surface area contributed by atoms with Crippen LogP contribution in [0.15, 0.2) is 12.4 Å². The third-order valence-electron chi connectivity index (χ3n) is 4.43. The zero-order chi connectivity index (χ0) is 16.4. The summed E-state index contributed by atoms with van der Waals surface area (Å²) in [6.45, 7) is 4.64. The normalized spacial score (nSPS) is 26.5. The third kappa shape index (κ3) is 2.81. The van der Waals surface area contributed by atoms with Crippen LogP contribution < -0.4 is 0 Å². The number of likely N-dealkylation sites (tertiary alicyclic amines) is 1. The minimum atomic E-state index is -0.722. The molecule has 2 N–H and O–H groups in total. The fraction of sp³-hybridized carbons (Fsp3) is 0.571. The van der Waals surface area contributed by atoms with E-state index >= 15 is 0 Å². The molecule has 22 heavy (non-hydrogen) atoms. The van der Waals surface area contributed by atoms with Crippen molar-refractivity contribution in [2.45, 2.75) is 19.9 Å². The molecule has 1 saturated heterocycles. The molecule has 4 atom stereocenters. The number of aryl methyl sites for hydroxylation is 1. The molecule has 2 heterocycles. The van der Waals surface area contributed by atoms with Crippen LogP contribution in [-0.2, 0) is 14.4 Å². The van der Waals surface area contributed by atoms with Gasteiger partial charge in [-0.15, -0.1) is 0 Å². The van der Waals surface area contributed by atoms with Crippen LogP contribution in [0.4, 0.5) is 0 Å². The lowest BCUT2D eigenvalue weighted by molar-refractivity contribution is -0.141. The van der Waals surface area contributed by atoms with Gasteiger partial charge in [0.15, 0.2) is 0 Å². The fourth-order valence-corrected chi connectivity index (χ4v) is 3.25. The minimum absolute atomic E-state index is 0.0532. The van der Waals surface area contributed by atoms with Gasteiger partial charge >= 0.3 is 5.97 Å². The number of carboxylic acid groups (broad SMARTS) is 2. The Hall–Kier alpha value is -2.38. The highest BCUT2D eigenvalue weighted by molar-refractivity contribution is 5.82. The predicted octanol–water partition coefficient (Wildman–Crippen LogP) is 0.242. The van der Waals surface area contributed by atoms with Gasteiger partial charge in [-0.2, -0.15) is 0 Å². The second-order valence-electron chi connectivity index (χ2n) is 5.60. The largest absolute Gasteiger partial charge is 0.483 e. The average Bonchev–Trinajstić information content (AvgIpc) is 2.81. The monoisotopic (exact) mass is 309 g/mol. The molecule has 3 rings (SSSR count). The van der Waals surface area contributed by atoms with Gasteiger partial charge in [0.25, 0.3) is 6.47 Å². The third-order valence-corrected chi connectivity index (χ3v) is 4.43. The molecule has 2 fully saturated rings. The van der Waals surface area contributed by atoms with Gasteiger partial charge in [-0.05, 0) is 25.7 Å². The van der Waals surface area contributed by atoms with Crippen LogP contribution in [0.3, 0.4) is 0 Å². The topological polar surface area (TPSA) is 113 Å². The Labute approximate surface area is 127 Å². The van der Waals surface area contributed by atoms with Crippen LogP contribution in [0.2, 0.25) is 0 Å². The Bertz CT molecular complexity index is 573. The van der Waals surface area contributed by atoms with Crippen molar-refractivity contribution < 1.29 is 24.6 Å². The highest BCUT2D eigenvalue weighted by Crippen LogP contribution is 2.52. The molecule has 0 aromatic carbocycles. The van der Waals surface area contributed by atoms with E-state index in [0.717, 1.165) is 5.82 Å². The predicted molar refractivity (Wildman–Crippen MR) is 75.1 cm³/mol. The standard InChI is InChI=1S/C13H17N3O3.CH2O2/c1-7(16-4-3-14-8(16)2)12(17)15-5-9-10(6-15)11(9)13(18)19;2-1-3/h3-4,7,9-11H,5-6H2,1-2H3,(H,18,19);1H,(H,2,3)/t7?,9-,10+,11?;. The van der Waals surface area contributed by atoms with Crippen LogP contribution in [0.25, 0.3) is 0 Å². The highest BCUT2D eigenvalue weighted by Gasteiger charge is 2.60. The van der Waals surface area contributed by atoms with E-state index in [-0.39, 0.29) is 36.2 Å². The van der Waals surface area contributed by atoms with E-state index in [0.29, 0.717) is 13.1 Å². The van der Waals surface area contributed by atoms with Crippen molar-refractivity contribution in [1.82, 2.24) is 14.5 Å². The van der Waals surface area contributed by atoms with E-state index in [9.17, 15) is 9.59 Å². The van der Waals surface area contributed by atoms with Crippen molar-refractivity contribution in [1.29, 1.82) is 0 Å². The second-order valence-corrected chi connectivity index (χ2v) is 5.60. The first kappa shape index (κ1) is 16.0. The number of nitrogens with zero attached hydrogens (tertiary/aromatic N) is 3. The van der Waals surface area contributed by atoms with Crippen molar-refractivity contribution in [3.63, 3.8) is 0 Å². The number of aromatic nitrogens is 2. The molecule has 1 aromatic heterocycles. The Morgan fingerprint density at radius 3 is 2.36 bits per heavy atom. The lowest BCUT2D eigenvalue weighted by Crippen LogP contribution is -2.37. The Balaban J connectivity index is 0.000000545. The summed E-state index contributed by atoms with van der Waals surface area (Å²) < 4.78 is 1.85. The number of carbonyl (C=O) groups excluding carboxylic acids is 1. The van der Waals surface area contributed by atoms with Gasteiger partial charge in [-0.1, -0.05) is 0 Å². The zero-order valence-electron chi connectivity index (χ0n) is 12.4. The number of carboxylic acids is 1. The average molecular weight is 309 g/mol. The summed E-state index contributed by atoms with van der Waals surface area (Å²) in [6.07, 6.45) is 3.48. The SMILES string of the molecule is Cc1nccn1C(C)C(=O)N1C[C@@H]2C(C(=O)O)[C@@H]2C1.O=CO. The number of carbonyl (C=O) groups is 3. The number of fused-ring (bicyclic) bond motifs is 1. The van der Waals surface area contributed by atoms with Crippen LogP contribution in [-0.4, -0.2) is 56.1 Å². The summed E-state index contributed by atoms with van der Waals surface area (Å²) in [5, 5.41) is 15.9. The van der Waals surface area contributed by atoms with Gasteiger partial charge in [0.05, 0.1) is 5.92 Å². The molecule has 1 saturated carbocycles. The molecular weight excluding hydrogens is 290 g/mol. The molecule has 1 amide bonds. The highest BCUT2D eigenvalue weighted by atomic mass is 16.4. The number of amides is 1. The van der Waals surface area contributed by atoms with Crippen molar-refractivity contribution in [2.24, 2.45) is 17.8 Å². The number of piperidine rings is 1. The molecule has 1 aromatic rings. The van der Waals surface area contributed by atoms with Gasteiger partial charge in [0, 0.05) is 25.5 Å². The fourth-order valence-electron chi connectivity index (χ4n) is 3.25. The maximum Gasteiger partial charge on any atom is 0.307 e. The summed E-state index contributed by atoms with van der Waals surface area (Å²) in [5.41, 5.74) is 0. The van der Waals surface area contributed by atoms with Crippen molar-refractivity contribution in [3.8, 4) is 0 Å². The molecule has 8 nitrogen and oxygen atoms in total. The molecule has 2 aliphatic rings. The van der Waals surface area contributed by atoms with E-state index in [2.05, 4.69) is 4.98 Å². The molecule has 2 unspecified atom stereocenters. The van der Waals surface area contributed by atoms with Crippen LogP contribution in [0.1, 0.15) is 18.8 Å². The molecule has 1 aliphatic heterocycles. The molecular formula is C14H19N3O5. The van der Waals surface area contributed by atoms with E-state index in [4.69, 9.17) is 15.0 Å². The first-order chi connectivity index (χ1) is 10.4. The molecule has 0 radical (unpaired) electrons. The quantitative estimate of drug-likeness (QED) is 0.773. The van der Waals surface area contributed by atoms with E-state index in [1.54, 1.807) is 17.3 Å². The number of aliphatic carboxylic acids is 1. The summed E-state index contributed by atoms with van der Waals surface area (Å²) in [7, 11) is 0. The number of hydrogen-bond donors (Lipinski definition) is 2. The summed E-state index contributed by atoms with van der Waals surface area (Å²) in [4.78, 5) is 37.5. The number of hydrogen-bond acceptors (Lipinski definition) is 4. The van der Waals surface area contributed by atoms with Crippen LogP contribution in [0.5, 0.6) is 0 Å². The summed E-state index contributed by atoms with van der Waals surface area (Å²) in [5.74, 6) is 0.246. The Morgan fingerprint density at radius 1 is 1.41 bits per heavy atom. The Kier molecular flexibility index (Phi) is 4.48. The summed E-state index contributed by atoms with van der Waals surface area (Å²) >= 11 is 0. The van der Waals surface area contributed by atoms with Gasteiger partial charge in [0.2, 0.25) is 5.91 Å². The van der Waals surface area contributed by atoms with Crippen LogP contribution in [0, 0.1) is 24.7 Å². The molecule has 0 bridgehead atoms.